The predicted molar refractivity (Wildman–Crippen MR) is 118 cm³/mol. The first-order valence-corrected chi connectivity index (χ1v) is 12.6. The van der Waals surface area contributed by atoms with Crippen LogP contribution in [0.25, 0.3) is 6.08 Å². The summed E-state index contributed by atoms with van der Waals surface area (Å²) < 4.78 is 67.8. The van der Waals surface area contributed by atoms with Crippen LogP contribution in [0.5, 0.6) is 0 Å². The molecule has 1 aromatic heterocycles. The Morgan fingerprint density at radius 2 is 1.94 bits per heavy atom. The van der Waals surface area contributed by atoms with Gasteiger partial charge in [0, 0.05) is 23.9 Å². The van der Waals surface area contributed by atoms with E-state index in [-0.39, 0.29) is 17.0 Å². The SMILES string of the molecule is Cc1nc2c(c(NC(C)c3cccc(S(=O)(=O)C4CC4)c3F)n1)CN(C1(C(F)F)CC1)C=C2. The van der Waals surface area contributed by atoms with Crippen LogP contribution in [0.15, 0.2) is 29.3 Å². The zero-order valence-corrected chi connectivity index (χ0v) is 19.2. The van der Waals surface area contributed by atoms with Crippen molar-refractivity contribution in [2.45, 2.75) is 74.2 Å². The van der Waals surface area contributed by atoms with Crippen molar-refractivity contribution >= 4 is 21.7 Å². The van der Waals surface area contributed by atoms with Gasteiger partial charge in [0.15, 0.2) is 9.84 Å². The van der Waals surface area contributed by atoms with Crippen LogP contribution in [0.2, 0.25) is 0 Å². The van der Waals surface area contributed by atoms with Gasteiger partial charge in [-0.25, -0.2) is 31.6 Å². The van der Waals surface area contributed by atoms with Crippen molar-refractivity contribution in [1.29, 1.82) is 0 Å². The fourth-order valence-corrected chi connectivity index (χ4v) is 6.15. The van der Waals surface area contributed by atoms with Crippen molar-refractivity contribution in [3.05, 3.63) is 52.9 Å². The van der Waals surface area contributed by atoms with Gasteiger partial charge < -0.3 is 10.2 Å². The van der Waals surface area contributed by atoms with E-state index in [4.69, 9.17) is 0 Å². The van der Waals surface area contributed by atoms with Gasteiger partial charge in [-0.2, -0.15) is 0 Å². The van der Waals surface area contributed by atoms with Crippen LogP contribution in [-0.4, -0.2) is 40.5 Å². The molecule has 0 radical (unpaired) electrons. The molecule has 2 fully saturated rings. The first kappa shape index (κ1) is 22.2. The van der Waals surface area contributed by atoms with E-state index in [1.807, 2.05) is 0 Å². The number of rotatable bonds is 7. The maximum atomic E-state index is 15.3. The third-order valence-corrected chi connectivity index (χ3v) is 8.99. The number of alkyl halides is 2. The van der Waals surface area contributed by atoms with Crippen molar-refractivity contribution in [3.8, 4) is 0 Å². The molecule has 3 aliphatic rings. The standard InChI is InChI=1S/C23H25F3N4O2S/c1-13(16-4-3-5-19(20(16)24)33(31,32)15-6-7-15)27-21-17-12-30(23(9-10-23)22(25)26)11-8-18(17)28-14(2)29-21/h3-5,8,11,13,15,22H,6-7,9-10,12H2,1-2H3,(H,27,28,29). The molecule has 0 spiro atoms. The molecule has 6 nitrogen and oxygen atoms in total. The largest absolute Gasteiger partial charge is 0.363 e. The maximum absolute atomic E-state index is 15.3. The highest BCUT2D eigenvalue weighted by atomic mass is 32.2. The molecule has 0 saturated heterocycles. The highest BCUT2D eigenvalue weighted by Gasteiger charge is 2.55. The molecule has 2 aromatic rings. The van der Waals surface area contributed by atoms with Crippen molar-refractivity contribution in [2.75, 3.05) is 5.32 Å². The summed E-state index contributed by atoms with van der Waals surface area (Å²) in [6, 6.07) is 3.78. The molecule has 1 atom stereocenters. The van der Waals surface area contributed by atoms with Crippen LogP contribution >= 0.6 is 0 Å². The second-order valence-corrected chi connectivity index (χ2v) is 11.3. The summed E-state index contributed by atoms with van der Waals surface area (Å²) in [7, 11) is -3.69. The lowest BCUT2D eigenvalue weighted by Gasteiger charge is -2.34. The lowest BCUT2D eigenvalue weighted by atomic mass is 10.0. The molecule has 0 bridgehead atoms. The van der Waals surface area contributed by atoms with E-state index in [9.17, 15) is 17.2 Å². The number of nitrogens with zero attached hydrogens (tertiary/aromatic N) is 3. The Kier molecular flexibility index (Phi) is 5.19. The molecule has 1 unspecified atom stereocenters. The Bertz CT molecular complexity index is 1240. The van der Waals surface area contributed by atoms with Crippen LogP contribution in [0.4, 0.5) is 19.0 Å². The topological polar surface area (TPSA) is 75.2 Å². The molecule has 33 heavy (non-hydrogen) atoms. The quantitative estimate of drug-likeness (QED) is 0.626. The number of halogens is 3. The number of fused-ring (bicyclic) bond motifs is 1. The maximum Gasteiger partial charge on any atom is 0.261 e. The summed E-state index contributed by atoms with van der Waals surface area (Å²) >= 11 is 0. The van der Waals surface area contributed by atoms with E-state index >= 15 is 4.39 Å². The van der Waals surface area contributed by atoms with Crippen molar-refractivity contribution in [2.24, 2.45) is 0 Å². The molecular formula is C23H25F3N4O2S. The molecule has 10 heteroatoms. The predicted octanol–water partition coefficient (Wildman–Crippen LogP) is 4.62. The fraction of sp³-hybridized carbons (Fsp3) is 0.478. The van der Waals surface area contributed by atoms with Gasteiger partial charge in [-0.3, -0.25) is 0 Å². The summed E-state index contributed by atoms with van der Waals surface area (Å²) in [4.78, 5) is 10.2. The van der Waals surface area contributed by atoms with Crippen LogP contribution in [0, 0.1) is 12.7 Å². The highest BCUT2D eigenvalue weighted by molar-refractivity contribution is 7.92. The van der Waals surface area contributed by atoms with Crippen LogP contribution < -0.4 is 5.32 Å². The number of sulfone groups is 1. The molecule has 2 aliphatic carbocycles. The summed E-state index contributed by atoms with van der Waals surface area (Å²) in [6.07, 6.45) is 2.85. The summed E-state index contributed by atoms with van der Waals surface area (Å²) in [6.45, 7) is 3.65. The average Bonchev–Trinajstić information content (AvgIpc) is 3.66. The minimum Gasteiger partial charge on any atom is -0.363 e. The van der Waals surface area contributed by atoms with Crippen molar-refractivity contribution < 1.29 is 21.6 Å². The summed E-state index contributed by atoms with van der Waals surface area (Å²) in [5, 5.41) is 2.67. The molecule has 176 valence electrons. The fourth-order valence-electron chi connectivity index (χ4n) is 4.40. The van der Waals surface area contributed by atoms with Crippen LogP contribution in [0.1, 0.15) is 61.3 Å². The number of benzene rings is 1. The number of anilines is 1. The Hall–Kier alpha value is -2.62. The minimum atomic E-state index is -3.69. The van der Waals surface area contributed by atoms with E-state index in [1.165, 1.54) is 12.1 Å². The molecular weight excluding hydrogens is 453 g/mol. The van der Waals surface area contributed by atoms with Gasteiger partial charge in [0.2, 0.25) is 0 Å². The number of aryl methyl sites for hydroxylation is 1. The highest BCUT2D eigenvalue weighted by Crippen LogP contribution is 2.49. The average molecular weight is 479 g/mol. The van der Waals surface area contributed by atoms with Gasteiger partial charge in [-0.05, 0) is 51.7 Å². The third kappa shape index (κ3) is 3.78. The molecule has 2 heterocycles. The van der Waals surface area contributed by atoms with Gasteiger partial charge in [-0.1, -0.05) is 12.1 Å². The smallest absolute Gasteiger partial charge is 0.261 e. The number of nitrogens with one attached hydrogen (secondary N) is 1. The number of aromatic nitrogens is 2. The van der Waals surface area contributed by atoms with Gasteiger partial charge in [-0.15, -0.1) is 0 Å². The van der Waals surface area contributed by atoms with Crippen LogP contribution in [-0.2, 0) is 16.4 Å². The van der Waals surface area contributed by atoms with Gasteiger partial charge >= 0.3 is 0 Å². The Morgan fingerprint density at radius 1 is 1.21 bits per heavy atom. The monoisotopic (exact) mass is 478 g/mol. The first-order valence-electron chi connectivity index (χ1n) is 11.0. The van der Waals surface area contributed by atoms with E-state index in [2.05, 4.69) is 15.3 Å². The van der Waals surface area contributed by atoms with Crippen molar-refractivity contribution in [3.63, 3.8) is 0 Å². The number of hydrogen-bond donors (Lipinski definition) is 1. The zero-order chi connectivity index (χ0) is 23.5. The second-order valence-electron chi connectivity index (χ2n) is 9.10. The minimum absolute atomic E-state index is 0.205. The lowest BCUT2D eigenvalue weighted by molar-refractivity contribution is 0.0276. The van der Waals surface area contributed by atoms with Crippen molar-refractivity contribution in [1.82, 2.24) is 14.9 Å². The molecule has 5 rings (SSSR count). The van der Waals surface area contributed by atoms with Crippen LogP contribution in [0.3, 0.4) is 0 Å². The normalized spacial score (nSPS) is 20.0. The first-order chi connectivity index (χ1) is 15.6. The molecule has 1 N–H and O–H groups in total. The Morgan fingerprint density at radius 3 is 2.58 bits per heavy atom. The van der Waals surface area contributed by atoms with Gasteiger partial charge in [0.25, 0.3) is 6.43 Å². The molecule has 1 aromatic carbocycles. The van der Waals surface area contributed by atoms with E-state index in [0.29, 0.717) is 48.6 Å². The van der Waals surface area contributed by atoms with Gasteiger partial charge in [0.05, 0.1) is 17.0 Å². The third-order valence-electron chi connectivity index (χ3n) is 6.71. The van der Waals surface area contributed by atoms with E-state index < -0.39 is 38.9 Å². The molecule has 1 aliphatic heterocycles. The zero-order valence-electron chi connectivity index (χ0n) is 18.4. The summed E-state index contributed by atoms with van der Waals surface area (Å²) in [5.74, 6) is 0.154. The van der Waals surface area contributed by atoms with E-state index in [0.717, 1.165) is 0 Å². The molecule has 2 saturated carbocycles. The van der Waals surface area contributed by atoms with Gasteiger partial charge in [0.1, 0.15) is 27.9 Å². The Balaban J connectivity index is 1.46. The summed E-state index contributed by atoms with van der Waals surface area (Å²) in [5.41, 5.74) is 0.337. The number of hydrogen-bond acceptors (Lipinski definition) is 6. The molecule has 0 amide bonds. The van der Waals surface area contributed by atoms with E-state index in [1.54, 1.807) is 37.1 Å². The second kappa shape index (κ2) is 7.72. The lowest BCUT2D eigenvalue weighted by Crippen LogP contribution is -2.40. The Labute approximate surface area is 190 Å².